The highest BCUT2D eigenvalue weighted by molar-refractivity contribution is 7.47. The molecule has 2 unspecified atom stereocenters. The van der Waals surface area contributed by atoms with E-state index in [0.717, 1.165) is 108 Å². The van der Waals surface area contributed by atoms with Crippen LogP contribution in [0.2, 0.25) is 0 Å². The van der Waals surface area contributed by atoms with Crippen molar-refractivity contribution in [1.82, 2.24) is 0 Å². The molecule has 0 aromatic carbocycles. The molecule has 0 rings (SSSR count). The average Bonchev–Trinajstić information content (AvgIpc) is 0.927. The van der Waals surface area contributed by atoms with Gasteiger partial charge >= 0.3 is 39.5 Å². The molecule has 0 aromatic rings. The summed E-state index contributed by atoms with van der Waals surface area (Å²) in [4.78, 5) is 73.1. The Labute approximate surface area is 626 Å². The minimum absolute atomic E-state index is 0.108. The molecular formula is C83H162O17P2. The minimum atomic E-state index is -4.96. The van der Waals surface area contributed by atoms with E-state index in [1.54, 1.807) is 0 Å². The normalized spacial score (nSPS) is 13.9. The standard InChI is InChI=1S/C83H162O17P2/c1-8-9-10-11-12-13-14-15-16-20-25-31-36-45-52-59-66-83(88)100-79(71-94-81(86)65-58-51-44-39-38-42-49-56-63-76(6)7)73-98-102(91,92)96-69-77(84)68-95-101(89,90)97-72-78(70-93-80(85)64-57-50-43-35-30-27-22-24-29-34-41-48-55-62-75(4)5)99-82(87)67-60-53-46-37-32-26-21-18-17-19-23-28-33-40-47-54-61-74(2)3/h74-79,84H,8-73H2,1-7H3,(H,89,90)(H,91,92)/t77-,78-,79-/m1/s1. The van der Waals surface area contributed by atoms with Gasteiger partial charge in [0.2, 0.25) is 0 Å². The fourth-order valence-electron chi connectivity index (χ4n) is 12.8. The Balaban J connectivity index is 5.25. The summed E-state index contributed by atoms with van der Waals surface area (Å²) in [6.07, 6.45) is 62.4. The highest BCUT2D eigenvalue weighted by atomic mass is 31.2. The van der Waals surface area contributed by atoms with E-state index in [4.69, 9.17) is 37.0 Å². The van der Waals surface area contributed by atoms with E-state index in [0.29, 0.717) is 25.7 Å². The van der Waals surface area contributed by atoms with E-state index in [9.17, 15) is 43.2 Å². The van der Waals surface area contributed by atoms with Crippen LogP contribution in [0.4, 0.5) is 0 Å². The molecule has 19 heteroatoms. The summed E-state index contributed by atoms with van der Waals surface area (Å²) in [5, 5.41) is 10.7. The van der Waals surface area contributed by atoms with Gasteiger partial charge in [-0.3, -0.25) is 37.3 Å². The predicted octanol–water partition coefficient (Wildman–Crippen LogP) is 24.9. The van der Waals surface area contributed by atoms with Crippen LogP contribution >= 0.6 is 15.6 Å². The van der Waals surface area contributed by atoms with Gasteiger partial charge in [0.05, 0.1) is 26.4 Å². The van der Waals surface area contributed by atoms with E-state index >= 15 is 0 Å². The van der Waals surface area contributed by atoms with Crippen molar-refractivity contribution in [3.05, 3.63) is 0 Å². The van der Waals surface area contributed by atoms with Crippen LogP contribution in [-0.4, -0.2) is 96.7 Å². The SMILES string of the molecule is CCCCCCCCCCCCCCCCCCC(=O)O[C@H](COC(=O)CCCCCCCCCCC(C)C)COP(=O)(O)OC[C@H](O)COP(=O)(O)OC[C@@H](COC(=O)CCCCCCCCCCCCCCCC(C)C)OC(=O)CCCCCCCCCCCCCCCCCCC(C)C. The molecule has 0 fully saturated rings. The molecule has 0 heterocycles. The van der Waals surface area contributed by atoms with Crippen molar-refractivity contribution in [2.45, 2.75) is 452 Å². The molecule has 0 amide bonds. The largest absolute Gasteiger partial charge is 0.472 e. The lowest BCUT2D eigenvalue weighted by molar-refractivity contribution is -0.161. The molecule has 5 atom stereocenters. The zero-order valence-corrected chi connectivity index (χ0v) is 68.9. The molecule has 0 saturated carbocycles. The maximum absolute atomic E-state index is 13.1. The van der Waals surface area contributed by atoms with Crippen LogP contribution in [0, 0.1) is 17.8 Å². The summed E-state index contributed by atoms with van der Waals surface area (Å²) < 4.78 is 68.8. The summed E-state index contributed by atoms with van der Waals surface area (Å²) in [6, 6.07) is 0. The molecule has 0 radical (unpaired) electrons. The van der Waals surface area contributed by atoms with E-state index in [-0.39, 0.29) is 25.7 Å². The molecule has 17 nitrogen and oxygen atoms in total. The molecule has 0 spiro atoms. The van der Waals surface area contributed by atoms with E-state index < -0.39 is 97.5 Å². The Morgan fingerprint density at radius 2 is 0.451 bits per heavy atom. The number of rotatable bonds is 81. The second-order valence-electron chi connectivity index (χ2n) is 31.3. The number of unbranched alkanes of at least 4 members (excludes halogenated alkanes) is 49. The lowest BCUT2D eigenvalue weighted by Crippen LogP contribution is -2.30. The minimum Gasteiger partial charge on any atom is -0.462 e. The lowest BCUT2D eigenvalue weighted by atomic mass is 10.0. The van der Waals surface area contributed by atoms with Gasteiger partial charge in [-0.25, -0.2) is 9.13 Å². The Kier molecular flexibility index (Phi) is 71.8. The Morgan fingerprint density at radius 3 is 0.667 bits per heavy atom. The van der Waals surface area contributed by atoms with Crippen molar-refractivity contribution in [2.24, 2.45) is 17.8 Å². The number of hydrogen-bond donors (Lipinski definition) is 3. The molecule has 0 aliphatic rings. The number of carbonyl (C=O) groups is 4. The molecule has 3 N–H and O–H groups in total. The zero-order valence-electron chi connectivity index (χ0n) is 67.1. The molecule has 0 aliphatic carbocycles. The van der Waals surface area contributed by atoms with Gasteiger partial charge in [-0.1, -0.05) is 382 Å². The maximum atomic E-state index is 13.1. The summed E-state index contributed by atoms with van der Waals surface area (Å²) in [5.41, 5.74) is 0. The molecule has 0 aliphatic heterocycles. The van der Waals surface area contributed by atoms with Gasteiger partial charge in [-0.15, -0.1) is 0 Å². The van der Waals surface area contributed by atoms with Gasteiger partial charge in [-0.05, 0) is 43.4 Å². The second-order valence-corrected chi connectivity index (χ2v) is 34.2. The molecule has 0 bridgehead atoms. The number of phosphoric ester groups is 2. The Hall–Kier alpha value is -1.94. The van der Waals surface area contributed by atoms with Crippen molar-refractivity contribution in [2.75, 3.05) is 39.6 Å². The van der Waals surface area contributed by atoms with Crippen LogP contribution in [0.1, 0.15) is 434 Å². The fraction of sp³-hybridized carbons (Fsp3) is 0.952. The monoisotopic (exact) mass is 1490 g/mol. The third-order valence-electron chi connectivity index (χ3n) is 19.4. The third-order valence-corrected chi connectivity index (χ3v) is 21.3. The third kappa shape index (κ3) is 76.3. The molecular weight excluding hydrogens is 1330 g/mol. The number of ether oxygens (including phenoxy) is 4. The number of phosphoric acid groups is 2. The van der Waals surface area contributed by atoms with Crippen molar-refractivity contribution in [3.8, 4) is 0 Å². The van der Waals surface area contributed by atoms with Gasteiger partial charge in [0, 0.05) is 25.7 Å². The molecule has 0 saturated heterocycles. The second kappa shape index (κ2) is 73.2. The highest BCUT2D eigenvalue weighted by Crippen LogP contribution is 2.45. The van der Waals surface area contributed by atoms with Crippen LogP contribution < -0.4 is 0 Å². The fourth-order valence-corrected chi connectivity index (χ4v) is 14.4. The first kappa shape index (κ1) is 100. The highest BCUT2D eigenvalue weighted by Gasteiger charge is 2.30. The van der Waals surface area contributed by atoms with Crippen molar-refractivity contribution in [3.63, 3.8) is 0 Å². The average molecular weight is 1490 g/mol. The van der Waals surface area contributed by atoms with Crippen molar-refractivity contribution in [1.29, 1.82) is 0 Å². The summed E-state index contributed by atoms with van der Waals surface area (Å²) in [5.74, 6) is 0.219. The van der Waals surface area contributed by atoms with Crippen LogP contribution in [0.3, 0.4) is 0 Å². The molecule has 102 heavy (non-hydrogen) atoms. The Bertz CT molecular complexity index is 1970. The number of carbonyl (C=O) groups excluding carboxylic acids is 4. The number of aliphatic hydroxyl groups excluding tert-OH is 1. The first-order chi connectivity index (χ1) is 49.2. The Morgan fingerprint density at radius 1 is 0.265 bits per heavy atom. The van der Waals surface area contributed by atoms with Gasteiger partial charge in [0.15, 0.2) is 12.2 Å². The molecule has 0 aromatic heterocycles. The van der Waals surface area contributed by atoms with Crippen LogP contribution in [0.5, 0.6) is 0 Å². The van der Waals surface area contributed by atoms with Crippen molar-refractivity contribution >= 4 is 39.5 Å². The van der Waals surface area contributed by atoms with E-state index in [1.807, 2.05) is 0 Å². The summed E-state index contributed by atoms with van der Waals surface area (Å²) >= 11 is 0. The first-order valence-corrected chi connectivity index (χ1v) is 45.8. The smallest absolute Gasteiger partial charge is 0.462 e. The van der Waals surface area contributed by atoms with Crippen LogP contribution in [-0.2, 0) is 65.4 Å². The predicted molar refractivity (Wildman–Crippen MR) is 418 cm³/mol. The topological polar surface area (TPSA) is 237 Å². The number of aliphatic hydroxyl groups is 1. The lowest BCUT2D eigenvalue weighted by Gasteiger charge is -2.21. The number of hydrogen-bond acceptors (Lipinski definition) is 15. The maximum Gasteiger partial charge on any atom is 0.472 e. The van der Waals surface area contributed by atoms with Gasteiger partial charge in [-0.2, -0.15) is 0 Å². The zero-order chi connectivity index (χ0) is 75.1. The van der Waals surface area contributed by atoms with Crippen molar-refractivity contribution < 1.29 is 80.2 Å². The quantitative estimate of drug-likeness (QED) is 0.0222. The first-order valence-electron chi connectivity index (χ1n) is 42.8. The van der Waals surface area contributed by atoms with E-state index in [2.05, 4.69) is 48.5 Å². The van der Waals surface area contributed by atoms with Gasteiger partial charge < -0.3 is 33.8 Å². The van der Waals surface area contributed by atoms with Gasteiger partial charge in [0.25, 0.3) is 0 Å². The van der Waals surface area contributed by atoms with Crippen LogP contribution in [0.25, 0.3) is 0 Å². The summed E-state index contributed by atoms with van der Waals surface area (Å²) in [6.45, 7) is 12.0. The van der Waals surface area contributed by atoms with E-state index in [1.165, 1.54) is 244 Å². The van der Waals surface area contributed by atoms with Gasteiger partial charge in [0.1, 0.15) is 19.3 Å². The molecule has 606 valence electrons. The van der Waals surface area contributed by atoms with Crippen LogP contribution in [0.15, 0.2) is 0 Å². The summed E-state index contributed by atoms with van der Waals surface area (Å²) in [7, 11) is -9.92. The number of esters is 4.